The monoisotopic (exact) mass is 397 g/mol. The molecule has 8 heteroatoms. The zero-order chi connectivity index (χ0) is 21.3. The highest BCUT2D eigenvalue weighted by Crippen LogP contribution is 2.35. The Balaban J connectivity index is 1.97. The number of rotatable bonds is 4. The quantitative estimate of drug-likeness (QED) is 0.606. The Morgan fingerprint density at radius 2 is 1.79 bits per heavy atom. The van der Waals surface area contributed by atoms with Gasteiger partial charge in [-0.05, 0) is 49.2 Å². The third kappa shape index (κ3) is 4.16. The maximum atomic E-state index is 13.0. The number of anilines is 2. The van der Waals surface area contributed by atoms with Gasteiger partial charge in [0.15, 0.2) is 5.75 Å². The fourth-order valence-corrected chi connectivity index (χ4v) is 3.28. The van der Waals surface area contributed by atoms with Gasteiger partial charge in [0.2, 0.25) is 5.91 Å². The molecule has 0 saturated carbocycles. The number of ether oxygens (including phenoxy) is 2. The predicted octanol–water partition coefficient (Wildman–Crippen LogP) is 2.63. The minimum absolute atomic E-state index is 0.224. The van der Waals surface area contributed by atoms with Crippen molar-refractivity contribution in [3.63, 3.8) is 0 Å². The van der Waals surface area contributed by atoms with Crippen LogP contribution in [-0.2, 0) is 14.3 Å². The van der Waals surface area contributed by atoms with Crippen molar-refractivity contribution in [3.05, 3.63) is 47.0 Å². The van der Waals surface area contributed by atoms with E-state index in [9.17, 15) is 14.4 Å². The predicted molar refractivity (Wildman–Crippen MR) is 108 cm³/mol. The van der Waals surface area contributed by atoms with E-state index in [-0.39, 0.29) is 23.4 Å². The first kappa shape index (κ1) is 20.2. The van der Waals surface area contributed by atoms with Crippen LogP contribution in [0.25, 0.3) is 0 Å². The molecule has 0 spiro atoms. The minimum atomic E-state index is -0.993. The highest BCUT2D eigenvalue weighted by atomic mass is 16.5. The summed E-state index contributed by atoms with van der Waals surface area (Å²) in [5.41, 5.74) is 8.93. The lowest BCUT2D eigenvalue weighted by Gasteiger charge is -2.23. The van der Waals surface area contributed by atoms with Gasteiger partial charge < -0.3 is 25.4 Å². The first-order chi connectivity index (χ1) is 13.7. The van der Waals surface area contributed by atoms with E-state index in [4.69, 9.17) is 10.5 Å². The average Bonchev–Trinajstić information content (AvgIpc) is 2.72. The molecule has 2 aromatic carbocycles. The fourth-order valence-electron chi connectivity index (χ4n) is 3.28. The second kappa shape index (κ2) is 7.83. The molecule has 152 valence electrons. The fraction of sp³-hybridized carbons (Fsp3) is 0.286. The number of amides is 2. The van der Waals surface area contributed by atoms with E-state index in [0.717, 1.165) is 11.1 Å². The van der Waals surface area contributed by atoms with Crippen LogP contribution in [0.1, 0.15) is 27.9 Å². The molecule has 0 aromatic heterocycles. The molecular weight excluding hydrogens is 374 g/mol. The number of nitrogens with zero attached hydrogens (tertiary/aromatic N) is 1. The molecule has 1 aliphatic rings. The van der Waals surface area contributed by atoms with Crippen LogP contribution in [0.4, 0.5) is 11.4 Å². The lowest BCUT2D eigenvalue weighted by Crippen LogP contribution is -2.44. The van der Waals surface area contributed by atoms with Crippen LogP contribution < -0.4 is 15.8 Å². The van der Waals surface area contributed by atoms with Gasteiger partial charge in [0.25, 0.3) is 5.91 Å². The Morgan fingerprint density at radius 3 is 2.41 bits per heavy atom. The summed E-state index contributed by atoms with van der Waals surface area (Å²) < 4.78 is 10.5. The summed E-state index contributed by atoms with van der Waals surface area (Å²) in [6.07, 6.45) is -0.250. The van der Waals surface area contributed by atoms with Crippen LogP contribution in [0.3, 0.4) is 0 Å². The molecule has 3 N–H and O–H groups in total. The van der Waals surface area contributed by atoms with Gasteiger partial charge in [-0.25, -0.2) is 0 Å². The van der Waals surface area contributed by atoms with Gasteiger partial charge in [0, 0.05) is 7.05 Å². The molecule has 29 heavy (non-hydrogen) atoms. The highest BCUT2D eigenvalue weighted by Gasteiger charge is 2.35. The Labute approximate surface area is 168 Å². The summed E-state index contributed by atoms with van der Waals surface area (Å²) in [7, 11) is 2.69. The number of nitrogens with one attached hydrogen (secondary N) is 1. The molecule has 1 aliphatic heterocycles. The number of methoxy groups -OCH3 is 1. The molecule has 8 nitrogen and oxygen atoms in total. The van der Waals surface area contributed by atoms with Crippen LogP contribution in [-0.4, -0.2) is 42.9 Å². The summed E-state index contributed by atoms with van der Waals surface area (Å²) in [5, 5.41) is 2.67. The van der Waals surface area contributed by atoms with E-state index in [1.165, 1.54) is 31.2 Å². The normalized spacial score (nSPS) is 16.0. The molecule has 3 rings (SSSR count). The number of fused-ring (bicyclic) bond motifs is 1. The Hall–Kier alpha value is -3.55. The lowest BCUT2D eigenvalue weighted by molar-refractivity contribution is -0.143. The van der Waals surface area contributed by atoms with Crippen molar-refractivity contribution in [1.82, 2.24) is 4.90 Å². The number of nitrogen functional groups attached to an aromatic ring is 1. The maximum absolute atomic E-state index is 13.0. The van der Waals surface area contributed by atoms with Gasteiger partial charge in [-0.15, -0.1) is 0 Å². The largest absolute Gasteiger partial charge is 0.469 e. The third-order valence-corrected chi connectivity index (χ3v) is 4.74. The summed E-state index contributed by atoms with van der Waals surface area (Å²) in [6.45, 7) is 3.91. The van der Waals surface area contributed by atoms with E-state index in [1.807, 2.05) is 32.0 Å². The summed E-state index contributed by atoms with van der Waals surface area (Å²) >= 11 is 0. The molecule has 1 atom stereocenters. The topological polar surface area (TPSA) is 111 Å². The van der Waals surface area contributed by atoms with Gasteiger partial charge in [-0.2, -0.15) is 0 Å². The van der Waals surface area contributed by atoms with E-state index >= 15 is 0 Å². The van der Waals surface area contributed by atoms with Gasteiger partial charge in [-0.3, -0.25) is 14.4 Å². The number of aryl methyl sites for hydroxylation is 2. The number of hydrogen-bond acceptors (Lipinski definition) is 6. The summed E-state index contributed by atoms with van der Waals surface area (Å²) in [5.74, 6) is -0.619. The van der Waals surface area contributed by atoms with E-state index in [1.54, 1.807) is 0 Å². The molecule has 2 amide bonds. The van der Waals surface area contributed by atoms with Crippen LogP contribution in [0.15, 0.2) is 30.3 Å². The summed E-state index contributed by atoms with van der Waals surface area (Å²) in [6, 6.07) is 7.73. The van der Waals surface area contributed by atoms with Gasteiger partial charge in [0.1, 0.15) is 11.8 Å². The zero-order valence-corrected chi connectivity index (χ0v) is 16.7. The van der Waals surface area contributed by atoms with E-state index < -0.39 is 23.8 Å². The van der Waals surface area contributed by atoms with Crippen molar-refractivity contribution >= 4 is 29.2 Å². The molecule has 0 unspecified atom stereocenters. The number of likely N-dealkylation sites (N-methyl/N-ethyl adjacent to an activating group) is 1. The molecule has 0 aliphatic carbocycles. The van der Waals surface area contributed by atoms with Crippen molar-refractivity contribution in [2.45, 2.75) is 26.3 Å². The van der Waals surface area contributed by atoms with E-state index in [0.29, 0.717) is 11.5 Å². The SMILES string of the molecule is COC(=O)C[C@H]1C(=O)Nc2cc(N)c(Oc3cc(C)cc(C)c3)cc2C(=O)N1C. The van der Waals surface area contributed by atoms with Crippen LogP contribution >= 0.6 is 0 Å². The van der Waals surface area contributed by atoms with Crippen molar-refractivity contribution in [2.75, 3.05) is 25.2 Å². The first-order valence-corrected chi connectivity index (χ1v) is 9.04. The second-order valence-electron chi connectivity index (χ2n) is 7.06. The number of nitrogens with two attached hydrogens (primary N) is 1. The van der Waals surface area contributed by atoms with Crippen molar-refractivity contribution < 1.29 is 23.9 Å². The van der Waals surface area contributed by atoms with Gasteiger partial charge in [0.05, 0.1) is 30.5 Å². The Kier molecular flexibility index (Phi) is 5.45. The number of carbonyl (C=O) groups is 3. The van der Waals surface area contributed by atoms with E-state index in [2.05, 4.69) is 10.1 Å². The van der Waals surface area contributed by atoms with Crippen molar-refractivity contribution in [2.24, 2.45) is 0 Å². The average molecular weight is 397 g/mol. The zero-order valence-electron chi connectivity index (χ0n) is 16.7. The first-order valence-electron chi connectivity index (χ1n) is 9.04. The maximum Gasteiger partial charge on any atom is 0.308 e. The summed E-state index contributed by atoms with van der Waals surface area (Å²) in [4.78, 5) is 38.4. The van der Waals surface area contributed by atoms with Crippen molar-refractivity contribution in [1.29, 1.82) is 0 Å². The molecule has 0 saturated heterocycles. The van der Waals surface area contributed by atoms with Crippen LogP contribution in [0, 0.1) is 13.8 Å². The van der Waals surface area contributed by atoms with Gasteiger partial charge in [-0.1, -0.05) is 6.07 Å². The highest BCUT2D eigenvalue weighted by molar-refractivity contribution is 6.11. The second-order valence-corrected chi connectivity index (χ2v) is 7.06. The minimum Gasteiger partial charge on any atom is -0.469 e. The lowest BCUT2D eigenvalue weighted by atomic mass is 10.1. The van der Waals surface area contributed by atoms with Crippen molar-refractivity contribution in [3.8, 4) is 11.5 Å². The third-order valence-electron chi connectivity index (χ3n) is 4.74. The Morgan fingerprint density at radius 1 is 1.14 bits per heavy atom. The molecule has 2 aromatic rings. The number of esters is 1. The van der Waals surface area contributed by atoms with Crippen LogP contribution in [0.5, 0.6) is 11.5 Å². The number of benzene rings is 2. The number of hydrogen-bond donors (Lipinski definition) is 2. The molecular formula is C21H23N3O5. The molecule has 1 heterocycles. The van der Waals surface area contributed by atoms with Crippen LogP contribution in [0.2, 0.25) is 0 Å². The smallest absolute Gasteiger partial charge is 0.308 e. The standard InChI is InChI=1S/C21H23N3O5/c1-11-5-12(2)7-13(6-11)29-18-8-14-16(9-15(18)22)23-20(26)17(10-19(25)28-4)24(3)21(14)27/h5-9,17H,10,22H2,1-4H3,(H,23,26)/t17-/m0/s1. The number of carbonyl (C=O) groups excluding carboxylic acids is 3. The molecule has 0 fully saturated rings. The Bertz CT molecular complexity index is 982. The molecule has 0 radical (unpaired) electrons. The van der Waals surface area contributed by atoms with Gasteiger partial charge >= 0.3 is 5.97 Å². The molecule has 0 bridgehead atoms.